The highest BCUT2D eigenvalue weighted by molar-refractivity contribution is 6.02. The lowest BCUT2D eigenvalue weighted by Gasteiger charge is -2.07. The molecule has 0 fully saturated rings. The van der Waals surface area contributed by atoms with Crippen LogP contribution in [0.1, 0.15) is 5.56 Å². The van der Waals surface area contributed by atoms with Crippen LogP contribution in [-0.4, -0.2) is 21.2 Å². The van der Waals surface area contributed by atoms with Crippen molar-refractivity contribution >= 4 is 39.3 Å². The van der Waals surface area contributed by atoms with E-state index in [1.807, 2.05) is 30.3 Å². The number of pyridine rings is 1. The highest BCUT2D eigenvalue weighted by atomic mass is 16.6. The summed E-state index contributed by atoms with van der Waals surface area (Å²) in [6, 6.07) is 17.4. The summed E-state index contributed by atoms with van der Waals surface area (Å²) in [7, 11) is 0. The summed E-state index contributed by atoms with van der Waals surface area (Å²) < 4.78 is 0. The van der Waals surface area contributed by atoms with Gasteiger partial charge in [-0.05, 0) is 18.2 Å². The minimum atomic E-state index is -0.471. The number of aromatic hydroxyl groups is 1. The summed E-state index contributed by atoms with van der Waals surface area (Å²) in [5.41, 5.74) is 4.50. The van der Waals surface area contributed by atoms with Crippen LogP contribution in [0.5, 0.6) is 5.75 Å². The quantitative estimate of drug-likeness (QED) is 0.319. The summed E-state index contributed by atoms with van der Waals surface area (Å²) in [4.78, 5) is 15.2. The number of fused-ring (bicyclic) bond motifs is 2. The lowest BCUT2D eigenvalue weighted by Crippen LogP contribution is -1.96. The number of para-hydroxylation sites is 1. The number of hydrazone groups is 1. The second kappa shape index (κ2) is 6.72. The molecule has 0 aliphatic heterocycles. The average molecular weight is 358 g/mol. The molecule has 27 heavy (non-hydrogen) atoms. The number of rotatable bonds is 4. The van der Waals surface area contributed by atoms with Crippen LogP contribution < -0.4 is 5.43 Å². The minimum absolute atomic E-state index is 0.0576. The molecule has 0 amide bonds. The maximum absolute atomic E-state index is 11.4. The fourth-order valence-electron chi connectivity index (χ4n) is 2.98. The van der Waals surface area contributed by atoms with E-state index in [4.69, 9.17) is 0 Å². The summed E-state index contributed by atoms with van der Waals surface area (Å²) in [6.07, 6.45) is 3.05. The summed E-state index contributed by atoms with van der Waals surface area (Å²) >= 11 is 0. The first-order valence-electron chi connectivity index (χ1n) is 8.17. The predicted octanol–water partition coefficient (Wildman–Crippen LogP) is 4.45. The number of phenols is 1. The molecule has 0 aliphatic carbocycles. The SMILES string of the molecule is O=[N+]([O-])c1cc(/C=N\Nc2cccc3cccnc23)c(O)c2ccccc12. The number of nitro benzene ring substituents is 1. The number of hydrogen-bond acceptors (Lipinski definition) is 6. The van der Waals surface area contributed by atoms with Gasteiger partial charge >= 0.3 is 0 Å². The van der Waals surface area contributed by atoms with Gasteiger partial charge in [-0.3, -0.25) is 20.5 Å². The Balaban J connectivity index is 1.73. The zero-order chi connectivity index (χ0) is 18.8. The molecule has 1 heterocycles. The Morgan fingerprint density at radius 1 is 1.07 bits per heavy atom. The largest absolute Gasteiger partial charge is 0.507 e. The van der Waals surface area contributed by atoms with Gasteiger partial charge in [0.05, 0.1) is 27.7 Å². The Morgan fingerprint density at radius 2 is 1.85 bits per heavy atom. The molecule has 0 unspecified atom stereocenters. The third-order valence-corrected chi connectivity index (χ3v) is 4.24. The second-order valence-electron chi connectivity index (χ2n) is 5.89. The molecule has 0 spiro atoms. The summed E-state index contributed by atoms with van der Waals surface area (Å²) in [6.45, 7) is 0. The molecule has 132 valence electrons. The number of anilines is 1. The van der Waals surface area contributed by atoms with E-state index >= 15 is 0 Å². The number of hydrogen-bond donors (Lipinski definition) is 2. The van der Waals surface area contributed by atoms with Gasteiger partial charge in [0.2, 0.25) is 0 Å². The van der Waals surface area contributed by atoms with E-state index in [1.165, 1.54) is 12.3 Å². The van der Waals surface area contributed by atoms with Crippen molar-refractivity contribution in [3.63, 3.8) is 0 Å². The Hall–Kier alpha value is -4.00. The molecule has 0 bridgehead atoms. The highest BCUT2D eigenvalue weighted by Gasteiger charge is 2.17. The lowest BCUT2D eigenvalue weighted by atomic mass is 10.0. The van der Waals surface area contributed by atoms with E-state index in [2.05, 4.69) is 15.5 Å². The number of aromatic nitrogens is 1. The molecule has 1 aromatic heterocycles. The van der Waals surface area contributed by atoms with Crippen molar-refractivity contribution in [2.45, 2.75) is 0 Å². The molecule has 7 nitrogen and oxygen atoms in total. The molecule has 2 N–H and O–H groups in total. The van der Waals surface area contributed by atoms with Gasteiger partial charge in [0.1, 0.15) is 5.75 Å². The second-order valence-corrected chi connectivity index (χ2v) is 5.89. The molecule has 0 aliphatic rings. The molecule has 0 saturated heterocycles. The van der Waals surface area contributed by atoms with Crippen molar-refractivity contribution < 1.29 is 10.0 Å². The monoisotopic (exact) mass is 358 g/mol. The van der Waals surface area contributed by atoms with Crippen LogP contribution >= 0.6 is 0 Å². The van der Waals surface area contributed by atoms with Crippen LogP contribution in [0.3, 0.4) is 0 Å². The summed E-state index contributed by atoms with van der Waals surface area (Å²) in [5, 5.41) is 27.7. The molecular formula is C20H14N4O3. The number of non-ortho nitro benzene ring substituents is 1. The van der Waals surface area contributed by atoms with Gasteiger partial charge in [-0.25, -0.2) is 0 Å². The van der Waals surface area contributed by atoms with Crippen LogP contribution in [0.4, 0.5) is 11.4 Å². The third-order valence-electron chi connectivity index (χ3n) is 4.24. The molecule has 7 heteroatoms. The van der Waals surface area contributed by atoms with Gasteiger partial charge in [0, 0.05) is 28.6 Å². The van der Waals surface area contributed by atoms with Crippen molar-refractivity contribution in [2.75, 3.05) is 5.43 Å². The number of benzene rings is 3. The van der Waals surface area contributed by atoms with Crippen molar-refractivity contribution in [3.8, 4) is 5.75 Å². The zero-order valence-electron chi connectivity index (χ0n) is 14.0. The van der Waals surface area contributed by atoms with Crippen LogP contribution in [0, 0.1) is 10.1 Å². The fourth-order valence-corrected chi connectivity index (χ4v) is 2.98. The van der Waals surface area contributed by atoms with E-state index in [0.29, 0.717) is 16.5 Å². The van der Waals surface area contributed by atoms with E-state index < -0.39 is 4.92 Å². The molecule has 0 atom stereocenters. The maximum atomic E-state index is 11.4. The van der Waals surface area contributed by atoms with Gasteiger partial charge in [-0.1, -0.05) is 36.4 Å². The Bertz CT molecular complexity index is 1200. The first kappa shape index (κ1) is 16.5. The van der Waals surface area contributed by atoms with E-state index in [1.54, 1.807) is 30.5 Å². The van der Waals surface area contributed by atoms with Crippen LogP contribution in [0.25, 0.3) is 21.7 Å². The Morgan fingerprint density at radius 3 is 2.67 bits per heavy atom. The smallest absolute Gasteiger partial charge is 0.278 e. The van der Waals surface area contributed by atoms with Gasteiger partial charge in [-0.2, -0.15) is 5.10 Å². The van der Waals surface area contributed by atoms with Crippen LogP contribution in [-0.2, 0) is 0 Å². The zero-order valence-corrected chi connectivity index (χ0v) is 14.0. The predicted molar refractivity (Wildman–Crippen MR) is 105 cm³/mol. The topological polar surface area (TPSA) is 101 Å². The fraction of sp³-hybridized carbons (Fsp3) is 0. The molecule has 4 aromatic rings. The number of phenolic OH excluding ortho intramolecular Hbond substituents is 1. The average Bonchev–Trinajstić information content (AvgIpc) is 2.69. The first-order valence-corrected chi connectivity index (χ1v) is 8.17. The molecular weight excluding hydrogens is 344 g/mol. The Kier molecular flexibility index (Phi) is 4.10. The molecule has 3 aromatic carbocycles. The van der Waals surface area contributed by atoms with Crippen molar-refractivity contribution in [3.05, 3.63) is 82.5 Å². The Labute approximate surface area is 153 Å². The van der Waals surface area contributed by atoms with Gasteiger partial charge in [-0.15, -0.1) is 0 Å². The van der Waals surface area contributed by atoms with E-state index in [-0.39, 0.29) is 17.0 Å². The molecule has 0 saturated carbocycles. The standard InChI is InChI=1S/C20H14N4O3/c25-20-14(11-18(24(26)27)15-7-1-2-8-16(15)20)12-22-23-17-9-3-5-13-6-4-10-21-19(13)17/h1-12,23,25H/b22-12-. The van der Waals surface area contributed by atoms with Gasteiger partial charge in [0.15, 0.2) is 0 Å². The van der Waals surface area contributed by atoms with Crippen LogP contribution in [0.15, 0.2) is 72.0 Å². The number of nitrogens with one attached hydrogen (secondary N) is 1. The highest BCUT2D eigenvalue weighted by Crippen LogP contribution is 2.34. The lowest BCUT2D eigenvalue weighted by molar-refractivity contribution is -0.383. The molecule has 0 radical (unpaired) electrons. The van der Waals surface area contributed by atoms with Crippen molar-refractivity contribution in [1.82, 2.24) is 4.98 Å². The normalized spacial score (nSPS) is 11.3. The van der Waals surface area contributed by atoms with E-state index in [0.717, 1.165) is 10.9 Å². The minimum Gasteiger partial charge on any atom is -0.507 e. The summed E-state index contributed by atoms with van der Waals surface area (Å²) in [5.74, 6) is -0.0576. The maximum Gasteiger partial charge on any atom is 0.278 e. The third kappa shape index (κ3) is 3.02. The van der Waals surface area contributed by atoms with E-state index in [9.17, 15) is 15.2 Å². The number of nitro groups is 1. The van der Waals surface area contributed by atoms with Gasteiger partial charge < -0.3 is 5.11 Å². The van der Waals surface area contributed by atoms with Crippen molar-refractivity contribution in [1.29, 1.82) is 0 Å². The van der Waals surface area contributed by atoms with Crippen molar-refractivity contribution in [2.24, 2.45) is 5.10 Å². The number of nitrogens with zero attached hydrogens (tertiary/aromatic N) is 3. The first-order chi connectivity index (χ1) is 13.1. The van der Waals surface area contributed by atoms with Crippen LogP contribution in [0.2, 0.25) is 0 Å². The molecule has 4 rings (SSSR count). The van der Waals surface area contributed by atoms with Gasteiger partial charge in [0.25, 0.3) is 5.69 Å².